The van der Waals surface area contributed by atoms with E-state index in [9.17, 15) is 5.11 Å². The molecule has 3 nitrogen and oxygen atoms in total. The van der Waals surface area contributed by atoms with Crippen LogP contribution < -0.4 is 9.47 Å². The molecule has 0 saturated carbocycles. The molecule has 1 aromatic carbocycles. The fourth-order valence-electron chi connectivity index (χ4n) is 2.91. The number of hydrogen-bond donors (Lipinski definition) is 1. The molecule has 20 heavy (non-hydrogen) atoms. The number of allylic oxidation sites excluding steroid dienone is 1. The van der Waals surface area contributed by atoms with Crippen molar-refractivity contribution in [2.45, 2.75) is 44.6 Å². The number of aliphatic hydroxyl groups is 1. The van der Waals surface area contributed by atoms with Crippen LogP contribution in [0.5, 0.6) is 11.5 Å². The predicted molar refractivity (Wildman–Crippen MR) is 78.2 cm³/mol. The molecule has 1 aliphatic carbocycles. The van der Waals surface area contributed by atoms with Gasteiger partial charge in [0.25, 0.3) is 0 Å². The van der Waals surface area contributed by atoms with Gasteiger partial charge < -0.3 is 14.6 Å². The predicted octanol–water partition coefficient (Wildman–Crippen LogP) is 3.77. The minimum Gasteiger partial charge on any atom is -0.486 e. The molecule has 1 unspecified atom stereocenters. The molecule has 0 bridgehead atoms. The molecule has 3 heteroatoms. The molecule has 0 fully saturated rings. The van der Waals surface area contributed by atoms with Crippen LogP contribution in [-0.4, -0.2) is 18.3 Å². The molecule has 1 atom stereocenters. The van der Waals surface area contributed by atoms with Gasteiger partial charge in [-0.15, -0.1) is 0 Å². The fourth-order valence-corrected chi connectivity index (χ4v) is 2.91. The number of hydrogen-bond acceptors (Lipinski definition) is 3. The Bertz CT molecular complexity index is 493. The lowest BCUT2D eigenvalue weighted by Gasteiger charge is -2.22. The third-order valence-electron chi connectivity index (χ3n) is 4.06. The second-order valence-corrected chi connectivity index (χ2v) is 5.54. The summed E-state index contributed by atoms with van der Waals surface area (Å²) in [6.45, 7) is 1.18. The van der Waals surface area contributed by atoms with Crippen LogP contribution in [0.2, 0.25) is 0 Å². The van der Waals surface area contributed by atoms with Gasteiger partial charge in [-0.05, 0) is 49.0 Å². The van der Waals surface area contributed by atoms with Crippen molar-refractivity contribution in [2.24, 2.45) is 0 Å². The van der Waals surface area contributed by atoms with Crippen molar-refractivity contribution in [3.8, 4) is 11.5 Å². The summed E-state index contributed by atoms with van der Waals surface area (Å²) in [7, 11) is 0. The maximum absolute atomic E-state index is 10.6. The monoisotopic (exact) mass is 274 g/mol. The first-order valence-corrected chi connectivity index (χ1v) is 7.61. The second kappa shape index (κ2) is 6.31. The normalized spacial score (nSPS) is 23.1. The van der Waals surface area contributed by atoms with E-state index in [1.165, 1.54) is 25.7 Å². The summed E-state index contributed by atoms with van der Waals surface area (Å²) < 4.78 is 11.1. The highest BCUT2D eigenvalue weighted by Crippen LogP contribution is 2.35. The number of aliphatic hydroxyl groups excluding tert-OH is 1. The summed E-state index contributed by atoms with van der Waals surface area (Å²) in [5.41, 5.74) is 2.06. The standard InChI is InChI=1S/C17H22O3/c18-17(13-6-4-2-1-3-5-7-13)14-8-9-15-16(12-14)20-11-10-19-15/h6,8-9,12,17-18H,1-5,7,10-11H2/b13-6+. The average molecular weight is 274 g/mol. The van der Waals surface area contributed by atoms with Gasteiger partial charge in [0, 0.05) is 0 Å². The Kier molecular flexibility index (Phi) is 4.26. The summed E-state index contributed by atoms with van der Waals surface area (Å²) in [5.74, 6) is 1.53. The van der Waals surface area contributed by atoms with Gasteiger partial charge in [0.15, 0.2) is 11.5 Å². The lowest BCUT2D eigenvalue weighted by Crippen LogP contribution is -2.15. The Hall–Kier alpha value is -1.48. The molecule has 0 aromatic heterocycles. The smallest absolute Gasteiger partial charge is 0.161 e. The van der Waals surface area contributed by atoms with Crippen molar-refractivity contribution >= 4 is 0 Å². The van der Waals surface area contributed by atoms with Gasteiger partial charge in [0.1, 0.15) is 19.3 Å². The van der Waals surface area contributed by atoms with Crippen LogP contribution in [0.3, 0.4) is 0 Å². The van der Waals surface area contributed by atoms with Gasteiger partial charge >= 0.3 is 0 Å². The highest BCUT2D eigenvalue weighted by molar-refractivity contribution is 5.45. The molecule has 0 amide bonds. The quantitative estimate of drug-likeness (QED) is 0.834. The van der Waals surface area contributed by atoms with E-state index in [0.29, 0.717) is 13.2 Å². The Morgan fingerprint density at radius 3 is 2.65 bits per heavy atom. The van der Waals surface area contributed by atoms with Gasteiger partial charge in [-0.3, -0.25) is 0 Å². The van der Waals surface area contributed by atoms with Crippen LogP contribution in [-0.2, 0) is 0 Å². The Morgan fingerprint density at radius 1 is 0.950 bits per heavy atom. The first-order valence-electron chi connectivity index (χ1n) is 7.61. The lowest BCUT2D eigenvalue weighted by atomic mass is 9.92. The molecule has 1 aromatic rings. The van der Waals surface area contributed by atoms with Crippen LogP contribution in [0, 0.1) is 0 Å². The third kappa shape index (κ3) is 2.98. The SMILES string of the molecule is OC(/C1=C/CCCCCC1)c1ccc2c(c1)OCCO2. The number of rotatable bonds is 2. The van der Waals surface area contributed by atoms with Crippen molar-refractivity contribution < 1.29 is 14.6 Å². The highest BCUT2D eigenvalue weighted by Gasteiger charge is 2.18. The van der Waals surface area contributed by atoms with E-state index in [-0.39, 0.29) is 0 Å². The molecule has 0 spiro atoms. The zero-order valence-corrected chi connectivity index (χ0v) is 11.8. The molecular formula is C17H22O3. The number of ether oxygens (including phenoxy) is 2. The van der Waals surface area contributed by atoms with Crippen LogP contribution in [0.4, 0.5) is 0 Å². The average Bonchev–Trinajstić information content (AvgIpc) is 2.46. The third-order valence-corrected chi connectivity index (χ3v) is 4.06. The molecular weight excluding hydrogens is 252 g/mol. The molecule has 1 N–H and O–H groups in total. The summed E-state index contributed by atoms with van der Waals surface area (Å²) in [6.07, 6.45) is 8.77. The van der Waals surface area contributed by atoms with E-state index in [4.69, 9.17) is 9.47 Å². The Balaban J connectivity index is 1.80. The van der Waals surface area contributed by atoms with E-state index >= 15 is 0 Å². The van der Waals surface area contributed by atoms with Crippen molar-refractivity contribution in [2.75, 3.05) is 13.2 Å². The van der Waals surface area contributed by atoms with Crippen LogP contribution in [0.15, 0.2) is 29.8 Å². The summed E-state index contributed by atoms with van der Waals surface area (Å²) >= 11 is 0. The van der Waals surface area contributed by atoms with Crippen molar-refractivity contribution in [3.05, 3.63) is 35.4 Å². The van der Waals surface area contributed by atoms with E-state index < -0.39 is 6.10 Å². The minimum atomic E-state index is -0.510. The number of fused-ring (bicyclic) bond motifs is 1. The lowest BCUT2D eigenvalue weighted by molar-refractivity contribution is 0.169. The summed E-state index contributed by atoms with van der Waals surface area (Å²) in [5, 5.41) is 10.6. The first kappa shape index (κ1) is 13.5. The van der Waals surface area contributed by atoms with Gasteiger partial charge in [-0.1, -0.05) is 25.0 Å². The maximum Gasteiger partial charge on any atom is 0.161 e. The van der Waals surface area contributed by atoms with Crippen molar-refractivity contribution in [1.29, 1.82) is 0 Å². The Morgan fingerprint density at radius 2 is 1.75 bits per heavy atom. The second-order valence-electron chi connectivity index (χ2n) is 5.54. The van der Waals surface area contributed by atoms with Crippen molar-refractivity contribution in [3.63, 3.8) is 0 Å². The highest BCUT2D eigenvalue weighted by atomic mass is 16.6. The van der Waals surface area contributed by atoms with Gasteiger partial charge in [0.05, 0.1) is 0 Å². The topological polar surface area (TPSA) is 38.7 Å². The van der Waals surface area contributed by atoms with Crippen molar-refractivity contribution in [1.82, 2.24) is 0 Å². The molecule has 0 radical (unpaired) electrons. The molecule has 3 rings (SSSR count). The zero-order chi connectivity index (χ0) is 13.8. The maximum atomic E-state index is 10.6. The van der Waals surface area contributed by atoms with Gasteiger partial charge in [-0.25, -0.2) is 0 Å². The minimum absolute atomic E-state index is 0.510. The summed E-state index contributed by atoms with van der Waals surface area (Å²) in [4.78, 5) is 0. The zero-order valence-electron chi connectivity index (χ0n) is 11.8. The molecule has 0 saturated heterocycles. The molecule has 108 valence electrons. The Labute approximate surface area is 120 Å². The molecule has 1 heterocycles. The van der Waals surface area contributed by atoms with E-state index in [1.54, 1.807) is 0 Å². The molecule has 2 aliphatic rings. The van der Waals surface area contributed by atoms with E-state index in [0.717, 1.165) is 35.5 Å². The van der Waals surface area contributed by atoms with E-state index in [2.05, 4.69) is 6.08 Å². The van der Waals surface area contributed by atoms with Crippen LogP contribution in [0.1, 0.15) is 50.2 Å². The van der Waals surface area contributed by atoms with Crippen LogP contribution >= 0.6 is 0 Å². The van der Waals surface area contributed by atoms with Gasteiger partial charge in [0.2, 0.25) is 0 Å². The fraction of sp³-hybridized carbons (Fsp3) is 0.529. The van der Waals surface area contributed by atoms with E-state index in [1.807, 2.05) is 18.2 Å². The summed E-state index contributed by atoms with van der Waals surface area (Å²) in [6, 6.07) is 5.76. The van der Waals surface area contributed by atoms with Crippen LogP contribution in [0.25, 0.3) is 0 Å². The van der Waals surface area contributed by atoms with Gasteiger partial charge in [-0.2, -0.15) is 0 Å². The number of benzene rings is 1. The first-order chi connectivity index (χ1) is 9.84. The largest absolute Gasteiger partial charge is 0.486 e. The molecule has 1 aliphatic heterocycles.